The van der Waals surface area contributed by atoms with Crippen LogP contribution >= 0.6 is 0 Å². The summed E-state index contributed by atoms with van der Waals surface area (Å²) >= 11 is 0. The van der Waals surface area contributed by atoms with Crippen LogP contribution in [-0.4, -0.2) is 96.9 Å². The van der Waals surface area contributed by atoms with Gasteiger partial charge in [-0.15, -0.1) is 0 Å². The molecule has 0 saturated carbocycles. The Bertz CT molecular complexity index is 420. The van der Waals surface area contributed by atoms with Crippen molar-refractivity contribution in [3.8, 4) is 0 Å². The van der Waals surface area contributed by atoms with Gasteiger partial charge < -0.3 is 65.4 Å². The zero-order chi connectivity index (χ0) is 20.4. The predicted molar refractivity (Wildman–Crippen MR) is 67.4 cm³/mol. The Morgan fingerprint density at radius 2 is 0.964 bits per heavy atom. The molecule has 0 fully saturated rings. The zero-order valence-corrected chi connectivity index (χ0v) is 21.7. The van der Waals surface area contributed by atoms with E-state index in [0.717, 1.165) is 0 Å². The molecule has 0 bridgehead atoms. The van der Waals surface area contributed by atoms with E-state index < -0.39 is 74.0 Å². The molecule has 7 N–H and O–H groups in total. The van der Waals surface area contributed by atoms with Gasteiger partial charge in [0, 0.05) is 24.8 Å². The number of aliphatic hydroxyl groups is 7. The van der Waals surface area contributed by atoms with Crippen LogP contribution in [0.4, 0.5) is 0 Å². The molecular formula is C12H19Na3O13. The molecule has 0 radical (unpaired) electrons. The molecule has 0 spiro atoms. The van der Waals surface area contributed by atoms with Gasteiger partial charge in [0.1, 0.15) is 30.0 Å². The summed E-state index contributed by atoms with van der Waals surface area (Å²) in [6.45, 7) is -1.45. The zero-order valence-electron chi connectivity index (χ0n) is 15.7. The van der Waals surface area contributed by atoms with E-state index in [1.807, 2.05) is 0 Å². The van der Waals surface area contributed by atoms with Crippen molar-refractivity contribution in [1.29, 1.82) is 0 Å². The second-order valence-corrected chi connectivity index (χ2v) is 4.90. The number of carbonyl (C=O) groups is 3. The van der Waals surface area contributed by atoms with Gasteiger partial charge in [-0.2, -0.15) is 0 Å². The number of rotatable bonds is 10. The Labute approximate surface area is 225 Å². The van der Waals surface area contributed by atoms with Crippen LogP contribution in [-0.2, 0) is 14.4 Å². The quantitative estimate of drug-likeness (QED) is 0.156. The van der Waals surface area contributed by atoms with E-state index in [1.54, 1.807) is 0 Å². The van der Waals surface area contributed by atoms with E-state index in [-0.39, 0.29) is 88.7 Å². The number of hydrogen-bond donors (Lipinski definition) is 7. The summed E-state index contributed by atoms with van der Waals surface area (Å²) in [5.74, 6) is -5.98. The molecule has 0 aliphatic heterocycles. The second kappa shape index (κ2) is 20.1. The normalized spacial score (nSPS) is 14.2. The smallest absolute Gasteiger partial charge is 0.550 e. The van der Waals surface area contributed by atoms with Crippen LogP contribution in [0.15, 0.2) is 0 Å². The SMILES string of the molecule is O=C([O-])CC(O)(CC(=O)[O-])C(=O)[O-].OC[C@@H](O)[C@@H](O)[C@H](O)[C@H](O)CO.[Na+].[Na+].[Na+]. The number of carbonyl (C=O) groups excluding carboxylic acids is 3. The molecular weight excluding hydrogens is 421 g/mol. The van der Waals surface area contributed by atoms with E-state index in [9.17, 15) is 29.7 Å². The van der Waals surface area contributed by atoms with E-state index in [0.29, 0.717) is 0 Å². The fourth-order valence-corrected chi connectivity index (χ4v) is 1.36. The van der Waals surface area contributed by atoms with Crippen LogP contribution in [0.3, 0.4) is 0 Å². The van der Waals surface area contributed by atoms with Gasteiger partial charge in [0.2, 0.25) is 0 Å². The summed E-state index contributed by atoms with van der Waals surface area (Å²) in [6.07, 6.45) is -9.11. The van der Waals surface area contributed by atoms with Crippen LogP contribution < -0.4 is 104 Å². The van der Waals surface area contributed by atoms with E-state index in [1.165, 1.54) is 0 Å². The van der Waals surface area contributed by atoms with Crippen molar-refractivity contribution in [2.45, 2.75) is 42.9 Å². The molecule has 4 atom stereocenters. The number of carboxylic acids is 3. The molecule has 0 heterocycles. The van der Waals surface area contributed by atoms with Crippen molar-refractivity contribution in [2.75, 3.05) is 13.2 Å². The maximum absolute atomic E-state index is 10.1. The summed E-state index contributed by atoms with van der Waals surface area (Å²) < 4.78 is 0. The molecule has 13 nitrogen and oxygen atoms in total. The Morgan fingerprint density at radius 1 is 0.714 bits per heavy atom. The molecule has 0 unspecified atom stereocenters. The molecule has 0 aromatic carbocycles. The molecule has 0 aliphatic rings. The van der Waals surface area contributed by atoms with Crippen LogP contribution in [0.2, 0.25) is 0 Å². The van der Waals surface area contributed by atoms with Crippen LogP contribution in [0.5, 0.6) is 0 Å². The van der Waals surface area contributed by atoms with Crippen molar-refractivity contribution in [2.24, 2.45) is 0 Å². The first-order chi connectivity index (χ1) is 11.3. The molecule has 0 aliphatic carbocycles. The first-order valence-electron chi connectivity index (χ1n) is 6.59. The summed E-state index contributed by atoms with van der Waals surface area (Å²) in [6, 6.07) is 0. The first kappa shape index (κ1) is 39.6. The van der Waals surface area contributed by atoms with Crippen molar-refractivity contribution >= 4 is 17.9 Å². The number of carboxylic acid groups (broad SMARTS) is 3. The Hall–Kier alpha value is 1.13. The second-order valence-electron chi connectivity index (χ2n) is 4.90. The molecule has 148 valence electrons. The average molecular weight is 440 g/mol. The van der Waals surface area contributed by atoms with Crippen LogP contribution in [0.1, 0.15) is 12.8 Å². The average Bonchev–Trinajstić information content (AvgIpc) is 2.50. The van der Waals surface area contributed by atoms with Crippen LogP contribution in [0, 0.1) is 0 Å². The summed E-state index contributed by atoms with van der Waals surface area (Å²) in [4.78, 5) is 30.0. The van der Waals surface area contributed by atoms with E-state index >= 15 is 0 Å². The fourth-order valence-electron chi connectivity index (χ4n) is 1.36. The Kier molecular flexibility index (Phi) is 28.4. The van der Waals surface area contributed by atoms with Gasteiger partial charge in [-0.3, -0.25) is 0 Å². The maximum Gasteiger partial charge on any atom is 1.00 e. The van der Waals surface area contributed by atoms with Gasteiger partial charge in [0.15, 0.2) is 0 Å². The maximum atomic E-state index is 10.1. The molecule has 0 aromatic rings. The summed E-state index contributed by atoms with van der Waals surface area (Å²) in [5.41, 5.74) is -2.97. The minimum atomic E-state index is -2.97. The monoisotopic (exact) mass is 440 g/mol. The third-order valence-corrected chi connectivity index (χ3v) is 2.77. The predicted octanol–water partition coefficient (Wildman–Crippen LogP) is -17.8. The standard InChI is InChI=1S/C6H8O7.C6H14O6.3Na/c7-3(8)1-6(13,5(11)12)2-4(9)10;7-1-3(9)5(11)6(12)4(10)2-8;;;/h13H,1-2H2,(H,7,8)(H,9,10)(H,11,12);3-12H,1-2H2;;;/q;;3*+1/p-3/t;3-,4-,5-,6-;;;/m.1.../s1. The minimum absolute atomic E-state index is 0. The van der Waals surface area contributed by atoms with Gasteiger partial charge in [0.25, 0.3) is 0 Å². The third-order valence-electron chi connectivity index (χ3n) is 2.77. The Morgan fingerprint density at radius 3 is 1.11 bits per heavy atom. The number of aliphatic carboxylic acids is 3. The molecule has 0 saturated heterocycles. The van der Waals surface area contributed by atoms with Crippen LogP contribution in [0.25, 0.3) is 0 Å². The number of aliphatic hydroxyl groups excluding tert-OH is 6. The molecule has 0 aromatic heterocycles. The molecule has 0 rings (SSSR count). The topological polar surface area (TPSA) is 262 Å². The van der Waals surface area contributed by atoms with Crippen molar-refractivity contribution in [3.05, 3.63) is 0 Å². The van der Waals surface area contributed by atoms with Gasteiger partial charge in [-0.1, -0.05) is 0 Å². The van der Waals surface area contributed by atoms with E-state index in [2.05, 4.69) is 0 Å². The Balaban J connectivity index is -0.000000114. The van der Waals surface area contributed by atoms with Gasteiger partial charge in [-0.25, -0.2) is 0 Å². The molecule has 16 heteroatoms. The van der Waals surface area contributed by atoms with Gasteiger partial charge in [0.05, 0.1) is 19.2 Å². The largest absolute Gasteiger partial charge is 1.00 e. The van der Waals surface area contributed by atoms with Gasteiger partial charge >= 0.3 is 88.7 Å². The third kappa shape index (κ3) is 16.9. The first-order valence-corrected chi connectivity index (χ1v) is 6.59. The summed E-state index contributed by atoms with van der Waals surface area (Å²) in [7, 11) is 0. The number of hydrogen-bond acceptors (Lipinski definition) is 13. The minimum Gasteiger partial charge on any atom is -0.550 e. The fraction of sp³-hybridized carbons (Fsp3) is 0.750. The van der Waals surface area contributed by atoms with Crippen molar-refractivity contribution in [1.82, 2.24) is 0 Å². The van der Waals surface area contributed by atoms with Crippen molar-refractivity contribution < 1.29 is 154 Å². The van der Waals surface area contributed by atoms with Gasteiger partial charge in [-0.05, 0) is 0 Å². The van der Waals surface area contributed by atoms with E-state index in [4.69, 9.17) is 35.7 Å². The van der Waals surface area contributed by atoms with Crippen molar-refractivity contribution in [3.63, 3.8) is 0 Å². The summed E-state index contributed by atoms with van der Waals surface area (Å²) in [5, 5.41) is 91.1. The molecule has 28 heavy (non-hydrogen) atoms. The molecule has 0 amide bonds.